The Morgan fingerprint density at radius 1 is 1.44 bits per heavy atom. The lowest BCUT2D eigenvalue weighted by Gasteiger charge is -2.10. The Kier molecular flexibility index (Phi) is 3.87. The third-order valence-electron chi connectivity index (χ3n) is 2.71. The molecule has 1 fully saturated rings. The van der Waals surface area contributed by atoms with E-state index in [1.54, 1.807) is 11.8 Å². The molecule has 1 unspecified atom stereocenters. The van der Waals surface area contributed by atoms with E-state index in [1.807, 2.05) is 0 Å². The third kappa shape index (κ3) is 2.80. The second kappa shape index (κ2) is 5.09. The minimum atomic E-state index is -4.55. The summed E-state index contributed by atoms with van der Waals surface area (Å²) in [5.41, 5.74) is -0.998. The van der Waals surface area contributed by atoms with E-state index in [9.17, 15) is 18.0 Å². The Balaban J connectivity index is 2.27. The normalized spacial score (nSPS) is 20.1. The highest BCUT2D eigenvalue weighted by atomic mass is 35.5. The Bertz CT molecular complexity index is 472. The SMILES string of the molecule is O=C(c1ccc(C(F)(F)F)nc1Cl)C1CCSC1. The molecule has 0 saturated carbocycles. The topological polar surface area (TPSA) is 30.0 Å². The standard InChI is InChI=1S/C11H9ClF3NOS/c12-10-7(9(17)6-3-4-18-5-6)1-2-8(16-10)11(13,14)15/h1-2,6H,3-5H2. The molecule has 1 aromatic rings. The van der Waals surface area contributed by atoms with E-state index >= 15 is 0 Å². The van der Waals surface area contributed by atoms with Gasteiger partial charge in [0.2, 0.25) is 0 Å². The first-order valence-electron chi connectivity index (χ1n) is 5.25. The van der Waals surface area contributed by atoms with Crippen molar-refractivity contribution in [1.29, 1.82) is 0 Å². The molecule has 0 bridgehead atoms. The molecule has 1 aliphatic rings. The van der Waals surface area contributed by atoms with Crippen LogP contribution in [0.3, 0.4) is 0 Å². The number of aromatic nitrogens is 1. The quantitative estimate of drug-likeness (QED) is 0.616. The summed E-state index contributed by atoms with van der Waals surface area (Å²) in [4.78, 5) is 15.3. The number of carbonyl (C=O) groups is 1. The summed E-state index contributed by atoms with van der Waals surface area (Å²) in [7, 11) is 0. The second-order valence-electron chi connectivity index (χ2n) is 3.96. The van der Waals surface area contributed by atoms with Crippen molar-refractivity contribution in [1.82, 2.24) is 4.98 Å². The fourth-order valence-electron chi connectivity index (χ4n) is 1.74. The molecule has 0 amide bonds. The third-order valence-corrected chi connectivity index (χ3v) is 4.16. The van der Waals surface area contributed by atoms with Gasteiger partial charge >= 0.3 is 6.18 Å². The van der Waals surface area contributed by atoms with E-state index in [-0.39, 0.29) is 22.4 Å². The van der Waals surface area contributed by atoms with Gasteiger partial charge in [-0.2, -0.15) is 24.9 Å². The van der Waals surface area contributed by atoms with Gasteiger partial charge in [-0.25, -0.2) is 4.98 Å². The molecule has 0 aliphatic carbocycles. The number of pyridine rings is 1. The van der Waals surface area contributed by atoms with Crippen molar-refractivity contribution < 1.29 is 18.0 Å². The predicted molar refractivity (Wildman–Crippen MR) is 64.0 cm³/mol. The fraction of sp³-hybridized carbons (Fsp3) is 0.455. The first-order valence-corrected chi connectivity index (χ1v) is 6.78. The van der Waals surface area contributed by atoms with E-state index < -0.39 is 11.9 Å². The van der Waals surface area contributed by atoms with Crippen LogP contribution in [0.5, 0.6) is 0 Å². The van der Waals surface area contributed by atoms with Gasteiger partial charge in [-0.05, 0) is 24.3 Å². The fourth-order valence-corrected chi connectivity index (χ4v) is 3.20. The number of halogens is 4. The maximum Gasteiger partial charge on any atom is 0.433 e. The Hall–Kier alpha value is -0.750. The van der Waals surface area contributed by atoms with Crippen LogP contribution in [-0.2, 0) is 6.18 Å². The van der Waals surface area contributed by atoms with Crippen molar-refractivity contribution in [3.8, 4) is 0 Å². The van der Waals surface area contributed by atoms with E-state index in [0.29, 0.717) is 5.75 Å². The predicted octanol–water partition coefficient (Wildman–Crippen LogP) is 3.69. The van der Waals surface area contributed by atoms with E-state index in [2.05, 4.69) is 4.98 Å². The molecule has 0 spiro atoms. The number of ketones is 1. The van der Waals surface area contributed by atoms with Crippen LogP contribution >= 0.6 is 23.4 Å². The molecule has 2 rings (SSSR count). The molecule has 2 nitrogen and oxygen atoms in total. The van der Waals surface area contributed by atoms with Crippen molar-refractivity contribution in [2.24, 2.45) is 5.92 Å². The number of carbonyl (C=O) groups excluding carboxylic acids is 1. The zero-order chi connectivity index (χ0) is 13.3. The first kappa shape index (κ1) is 13.7. The maximum absolute atomic E-state index is 12.4. The van der Waals surface area contributed by atoms with Gasteiger partial charge in [0.05, 0.1) is 5.56 Å². The van der Waals surface area contributed by atoms with Crippen molar-refractivity contribution in [3.63, 3.8) is 0 Å². The van der Waals surface area contributed by atoms with Gasteiger partial charge in [-0.3, -0.25) is 4.79 Å². The zero-order valence-corrected chi connectivity index (χ0v) is 10.7. The second-order valence-corrected chi connectivity index (χ2v) is 5.47. The molecule has 1 atom stereocenters. The van der Waals surface area contributed by atoms with Gasteiger partial charge in [-0.1, -0.05) is 11.6 Å². The highest BCUT2D eigenvalue weighted by Crippen LogP contribution is 2.32. The van der Waals surface area contributed by atoms with Crippen molar-refractivity contribution in [3.05, 3.63) is 28.5 Å². The van der Waals surface area contributed by atoms with Gasteiger partial charge in [0.1, 0.15) is 10.8 Å². The van der Waals surface area contributed by atoms with E-state index in [1.165, 1.54) is 0 Å². The molecule has 98 valence electrons. The van der Waals surface area contributed by atoms with Crippen LogP contribution in [0, 0.1) is 5.92 Å². The molecule has 1 aromatic heterocycles. The van der Waals surface area contributed by atoms with Gasteiger partial charge in [0, 0.05) is 11.7 Å². The van der Waals surface area contributed by atoms with Crippen LogP contribution in [-0.4, -0.2) is 22.3 Å². The lowest BCUT2D eigenvalue weighted by atomic mass is 9.98. The number of nitrogens with zero attached hydrogens (tertiary/aromatic N) is 1. The summed E-state index contributed by atoms with van der Waals surface area (Å²) in [6, 6.07) is 1.91. The first-order chi connectivity index (χ1) is 8.39. The lowest BCUT2D eigenvalue weighted by molar-refractivity contribution is -0.141. The molecule has 0 N–H and O–H groups in total. The molecule has 1 saturated heterocycles. The number of thioether (sulfide) groups is 1. The molecular weight excluding hydrogens is 287 g/mol. The number of hydrogen-bond acceptors (Lipinski definition) is 3. The van der Waals surface area contributed by atoms with Crippen molar-refractivity contribution in [2.75, 3.05) is 11.5 Å². The van der Waals surface area contributed by atoms with Crippen LogP contribution in [0.1, 0.15) is 22.5 Å². The van der Waals surface area contributed by atoms with Crippen LogP contribution in [0.2, 0.25) is 5.15 Å². The average molecular weight is 296 g/mol. The highest BCUT2D eigenvalue weighted by Gasteiger charge is 2.34. The monoisotopic (exact) mass is 295 g/mol. The molecule has 7 heteroatoms. The average Bonchev–Trinajstić information content (AvgIpc) is 2.80. The van der Waals surface area contributed by atoms with Gasteiger partial charge in [0.25, 0.3) is 0 Å². The molecule has 18 heavy (non-hydrogen) atoms. The molecule has 0 aromatic carbocycles. The Morgan fingerprint density at radius 3 is 2.67 bits per heavy atom. The summed E-state index contributed by atoms with van der Waals surface area (Å²) in [6.07, 6.45) is -3.81. The zero-order valence-electron chi connectivity index (χ0n) is 9.13. The number of alkyl halides is 3. The van der Waals surface area contributed by atoms with Crippen molar-refractivity contribution >= 4 is 29.1 Å². The minimum absolute atomic E-state index is 0.0807. The largest absolute Gasteiger partial charge is 0.433 e. The summed E-state index contributed by atoms with van der Waals surface area (Å²) in [5, 5.41) is -0.369. The Labute approximate surface area is 111 Å². The van der Waals surface area contributed by atoms with Crippen LogP contribution < -0.4 is 0 Å². The summed E-state index contributed by atoms with van der Waals surface area (Å²) in [5.74, 6) is 1.20. The molecular formula is C11H9ClF3NOS. The molecule has 1 aliphatic heterocycles. The number of rotatable bonds is 2. The summed E-state index contributed by atoms with van der Waals surface area (Å²) in [6.45, 7) is 0. The number of Topliss-reactive ketones (excluding diaryl/α,β-unsaturated/α-hetero) is 1. The van der Waals surface area contributed by atoms with Crippen molar-refractivity contribution in [2.45, 2.75) is 12.6 Å². The van der Waals surface area contributed by atoms with Crippen LogP contribution in [0.15, 0.2) is 12.1 Å². The van der Waals surface area contributed by atoms with Crippen LogP contribution in [0.25, 0.3) is 0 Å². The minimum Gasteiger partial charge on any atom is -0.294 e. The number of hydrogen-bond donors (Lipinski definition) is 0. The molecule has 0 radical (unpaired) electrons. The molecule has 2 heterocycles. The van der Waals surface area contributed by atoms with Gasteiger partial charge < -0.3 is 0 Å². The van der Waals surface area contributed by atoms with E-state index in [4.69, 9.17) is 11.6 Å². The summed E-state index contributed by atoms with van der Waals surface area (Å²) >= 11 is 7.32. The Morgan fingerprint density at radius 2 is 2.17 bits per heavy atom. The van der Waals surface area contributed by atoms with Gasteiger partial charge in [0.15, 0.2) is 5.78 Å². The maximum atomic E-state index is 12.4. The van der Waals surface area contributed by atoms with E-state index in [0.717, 1.165) is 24.3 Å². The lowest BCUT2D eigenvalue weighted by Crippen LogP contribution is -2.16. The smallest absolute Gasteiger partial charge is 0.294 e. The van der Waals surface area contributed by atoms with Crippen LogP contribution in [0.4, 0.5) is 13.2 Å². The summed E-state index contributed by atoms with van der Waals surface area (Å²) < 4.78 is 37.2. The highest BCUT2D eigenvalue weighted by molar-refractivity contribution is 7.99. The van der Waals surface area contributed by atoms with Gasteiger partial charge in [-0.15, -0.1) is 0 Å².